The van der Waals surface area contributed by atoms with Gasteiger partial charge in [0.15, 0.2) is 0 Å². The number of phenolic OH excluding ortho intramolecular Hbond substituents is 1. The second kappa shape index (κ2) is 3.78. The van der Waals surface area contributed by atoms with Gasteiger partial charge >= 0.3 is 0 Å². The summed E-state index contributed by atoms with van der Waals surface area (Å²) < 4.78 is 6.12. The Balaban J connectivity index is 2.15. The molecule has 2 nitrogen and oxygen atoms in total. The second-order valence-corrected chi connectivity index (χ2v) is 6.10. The Hall–Kier alpha value is -1.44. The molecule has 0 fully saturated rings. The maximum Gasteiger partial charge on any atom is 0.127 e. The molecular formula is C16H20O2. The quantitative estimate of drug-likeness (QED) is 0.699. The predicted octanol–water partition coefficient (Wildman–Crippen LogP) is 4.00. The highest BCUT2D eigenvalue weighted by atomic mass is 16.5. The Labute approximate surface area is 108 Å². The lowest BCUT2D eigenvalue weighted by Gasteiger charge is -2.46. The molecule has 0 amide bonds. The summed E-state index contributed by atoms with van der Waals surface area (Å²) in [6.45, 7) is 6.50. The van der Waals surface area contributed by atoms with Gasteiger partial charge in [-0.25, -0.2) is 0 Å². The highest BCUT2D eigenvalue weighted by Gasteiger charge is 2.45. The van der Waals surface area contributed by atoms with Gasteiger partial charge in [0.2, 0.25) is 0 Å². The zero-order chi connectivity index (χ0) is 12.9. The lowest BCUT2D eigenvalue weighted by molar-refractivity contribution is 0.00762. The number of hydrogen-bond acceptors (Lipinski definition) is 2. The van der Waals surface area contributed by atoms with E-state index in [4.69, 9.17) is 4.74 Å². The van der Waals surface area contributed by atoms with Crippen molar-refractivity contribution >= 4 is 0 Å². The molecule has 1 aliphatic heterocycles. The molecule has 0 bridgehead atoms. The number of allylic oxidation sites excluding steroid dienone is 2. The molecule has 0 spiro atoms. The topological polar surface area (TPSA) is 29.5 Å². The van der Waals surface area contributed by atoms with Gasteiger partial charge in [-0.15, -0.1) is 0 Å². The summed E-state index contributed by atoms with van der Waals surface area (Å²) in [5, 5.41) is 10.2. The number of aromatic hydroxyl groups is 1. The predicted molar refractivity (Wildman–Crippen MR) is 72.0 cm³/mol. The minimum Gasteiger partial charge on any atom is -0.508 e. The summed E-state index contributed by atoms with van der Waals surface area (Å²) in [7, 11) is 0. The summed E-state index contributed by atoms with van der Waals surface area (Å²) >= 11 is 0. The van der Waals surface area contributed by atoms with Gasteiger partial charge in [-0.05, 0) is 45.7 Å². The molecule has 3 rings (SSSR count). The summed E-state index contributed by atoms with van der Waals surface area (Å²) in [6.07, 6.45) is 4.39. The molecule has 0 saturated heterocycles. The van der Waals surface area contributed by atoms with Crippen molar-refractivity contribution in [2.45, 2.75) is 45.1 Å². The molecule has 2 aliphatic rings. The molecule has 1 N–H and O–H groups in total. The van der Waals surface area contributed by atoms with Gasteiger partial charge in [0.1, 0.15) is 17.1 Å². The van der Waals surface area contributed by atoms with E-state index in [1.54, 1.807) is 6.07 Å². The summed E-state index contributed by atoms with van der Waals surface area (Å²) in [5.74, 6) is 2.07. The molecule has 2 unspecified atom stereocenters. The van der Waals surface area contributed by atoms with Crippen LogP contribution in [-0.2, 0) is 0 Å². The lowest BCUT2D eigenvalue weighted by atomic mass is 9.67. The zero-order valence-electron chi connectivity index (χ0n) is 11.2. The van der Waals surface area contributed by atoms with Gasteiger partial charge in [0, 0.05) is 17.4 Å². The van der Waals surface area contributed by atoms with Crippen molar-refractivity contribution in [2.24, 2.45) is 5.92 Å². The zero-order valence-corrected chi connectivity index (χ0v) is 11.2. The third kappa shape index (κ3) is 1.63. The normalized spacial score (nSPS) is 28.7. The van der Waals surface area contributed by atoms with Crippen LogP contribution in [0.5, 0.6) is 11.5 Å². The van der Waals surface area contributed by atoms with E-state index in [1.165, 1.54) is 5.57 Å². The standard InChI is InChI=1S/C16H20O2/c1-10-7-8-12-11(9-10)15-13(17)5-4-6-14(15)18-16(12,2)3/h4-7,11-12,17H,8-9H2,1-3H3. The Kier molecular flexibility index (Phi) is 2.44. The van der Waals surface area contributed by atoms with E-state index in [9.17, 15) is 5.11 Å². The molecule has 0 saturated carbocycles. The first-order valence-corrected chi connectivity index (χ1v) is 6.65. The molecule has 1 aromatic carbocycles. The first kappa shape index (κ1) is 11.6. The van der Waals surface area contributed by atoms with Crippen molar-refractivity contribution in [2.75, 3.05) is 0 Å². The molecule has 18 heavy (non-hydrogen) atoms. The largest absolute Gasteiger partial charge is 0.508 e. The van der Waals surface area contributed by atoms with Crippen molar-refractivity contribution < 1.29 is 9.84 Å². The van der Waals surface area contributed by atoms with E-state index < -0.39 is 0 Å². The van der Waals surface area contributed by atoms with Crippen LogP contribution in [0.3, 0.4) is 0 Å². The molecule has 2 atom stereocenters. The summed E-state index contributed by atoms with van der Waals surface area (Å²) in [4.78, 5) is 0. The summed E-state index contributed by atoms with van der Waals surface area (Å²) in [5.41, 5.74) is 2.26. The molecule has 1 heterocycles. The Morgan fingerprint density at radius 1 is 1.33 bits per heavy atom. The number of ether oxygens (including phenoxy) is 1. The average molecular weight is 244 g/mol. The Bertz CT molecular complexity index is 514. The van der Waals surface area contributed by atoms with Crippen LogP contribution in [-0.4, -0.2) is 10.7 Å². The van der Waals surface area contributed by atoms with Gasteiger partial charge in [-0.2, -0.15) is 0 Å². The lowest BCUT2D eigenvalue weighted by Crippen LogP contribution is -2.45. The molecule has 1 aliphatic carbocycles. The van der Waals surface area contributed by atoms with Crippen LogP contribution in [0.1, 0.15) is 45.1 Å². The molecule has 0 aromatic heterocycles. The van der Waals surface area contributed by atoms with E-state index in [2.05, 4.69) is 26.8 Å². The van der Waals surface area contributed by atoms with Crippen molar-refractivity contribution in [3.63, 3.8) is 0 Å². The molecule has 2 heteroatoms. The van der Waals surface area contributed by atoms with Crippen LogP contribution in [0.15, 0.2) is 29.8 Å². The fraction of sp³-hybridized carbons (Fsp3) is 0.500. The average Bonchev–Trinajstić information content (AvgIpc) is 2.27. The third-order valence-corrected chi connectivity index (χ3v) is 4.43. The van der Waals surface area contributed by atoms with Gasteiger partial charge < -0.3 is 9.84 Å². The van der Waals surface area contributed by atoms with Gasteiger partial charge in [0.05, 0.1) is 0 Å². The number of hydrogen-bond donors (Lipinski definition) is 1. The van der Waals surface area contributed by atoms with Gasteiger partial charge in [-0.3, -0.25) is 0 Å². The van der Waals surface area contributed by atoms with Crippen LogP contribution >= 0.6 is 0 Å². The van der Waals surface area contributed by atoms with Crippen LogP contribution < -0.4 is 4.74 Å². The summed E-state index contributed by atoms with van der Waals surface area (Å²) in [6, 6.07) is 5.60. The number of benzene rings is 1. The van der Waals surface area contributed by atoms with Crippen molar-refractivity contribution in [1.82, 2.24) is 0 Å². The van der Waals surface area contributed by atoms with Crippen LogP contribution in [0.2, 0.25) is 0 Å². The molecule has 1 aromatic rings. The molecule has 0 radical (unpaired) electrons. The molecular weight excluding hydrogens is 224 g/mol. The third-order valence-electron chi connectivity index (χ3n) is 4.43. The van der Waals surface area contributed by atoms with E-state index in [0.29, 0.717) is 17.6 Å². The smallest absolute Gasteiger partial charge is 0.127 e. The van der Waals surface area contributed by atoms with E-state index in [-0.39, 0.29) is 5.60 Å². The Morgan fingerprint density at radius 3 is 2.89 bits per heavy atom. The van der Waals surface area contributed by atoms with E-state index in [1.807, 2.05) is 12.1 Å². The van der Waals surface area contributed by atoms with Crippen molar-refractivity contribution in [3.8, 4) is 11.5 Å². The number of phenols is 1. The first-order valence-electron chi connectivity index (χ1n) is 6.65. The fourth-order valence-electron chi connectivity index (χ4n) is 3.49. The number of rotatable bonds is 0. The number of fused-ring (bicyclic) bond motifs is 3. The maximum absolute atomic E-state index is 10.2. The highest BCUT2D eigenvalue weighted by molar-refractivity contribution is 5.50. The van der Waals surface area contributed by atoms with Crippen LogP contribution in [0.25, 0.3) is 0 Å². The minimum atomic E-state index is -0.164. The van der Waals surface area contributed by atoms with E-state index in [0.717, 1.165) is 24.2 Å². The monoisotopic (exact) mass is 244 g/mol. The van der Waals surface area contributed by atoms with Crippen LogP contribution in [0, 0.1) is 5.92 Å². The van der Waals surface area contributed by atoms with Crippen molar-refractivity contribution in [1.29, 1.82) is 0 Å². The first-order chi connectivity index (χ1) is 8.49. The van der Waals surface area contributed by atoms with Gasteiger partial charge in [0.25, 0.3) is 0 Å². The minimum absolute atomic E-state index is 0.164. The molecule has 96 valence electrons. The SMILES string of the molecule is CC1=CCC2C(C1)c1c(O)cccc1OC2(C)C. The van der Waals surface area contributed by atoms with Gasteiger partial charge in [-0.1, -0.05) is 17.7 Å². The van der Waals surface area contributed by atoms with Crippen molar-refractivity contribution in [3.05, 3.63) is 35.4 Å². The fourth-order valence-corrected chi connectivity index (χ4v) is 3.49. The van der Waals surface area contributed by atoms with E-state index >= 15 is 0 Å². The second-order valence-electron chi connectivity index (χ2n) is 6.10. The highest BCUT2D eigenvalue weighted by Crippen LogP contribution is 2.53. The maximum atomic E-state index is 10.2. The Morgan fingerprint density at radius 2 is 2.11 bits per heavy atom. The van der Waals surface area contributed by atoms with Crippen LogP contribution in [0.4, 0.5) is 0 Å².